The molecule has 44 heavy (non-hydrogen) atoms. The topological polar surface area (TPSA) is 164 Å². The van der Waals surface area contributed by atoms with Crippen molar-refractivity contribution in [1.29, 1.82) is 0 Å². The normalized spacial score (nSPS) is 16.7. The molecule has 0 bridgehead atoms. The van der Waals surface area contributed by atoms with E-state index in [1.165, 1.54) is 22.9 Å². The third-order valence-electron chi connectivity index (χ3n) is 7.12. The van der Waals surface area contributed by atoms with Crippen molar-refractivity contribution in [3.8, 4) is 0 Å². The largest absolute Gasteiger partial charge is 0.478 e. The fourth-order valence-electron chi connectivity index (χ4n) is 4.87. The van der Waals surface area contributed by atoms with E-state index in [2.05, 4.69) is 4.85 Å². The summed E-state index contributed by atoms with van der Waals surface area (Å²) >= 11 is 0. The number of nitrogens with two attached hydrogens (primary N) is 1. The van der Waals surface area contributed by atoms with E-state index in [-0.39, 0.29) is 37.1 Å². The van der Waals surface area contributed by atoms with Crippen LogP contribution < -0.4 is 10.6 Å². The zero-order chi connectivity index (χ0) is 32.4. The molecule has 234 valence electrons. The number of carbonyl (C=O) groups excluding carboxylic acids is 4. The second-order valence-electron chi connectivity index (χ2n) is 10.3. The van der Waals surface area contributed by atoms with Crippen molar-refractivity contribution in [2.24, 2.45) is 0 Å². The van der Waals surface area contributed by atoms with E-state index in [1.807, 2.05) is 13.0 Å². The number of esters is 1. The zero-order valence-corrected chi connectivity index (χ0v) is 25.0. The number of benzene rings is 2. The van der Waals surface area contributed by atoms with Gasteiger partial charge in [0.15, 0.2) is 11.8 Å². The number of hydrogen-bond donors (Lipinski definition) is 2. The first-order chi connectivity index (χ1) is 21.0. The fraction of sp³-hybridized carbons (Fsp3) is 0.419. The van der Waals surface area contributed by atoms with E-state index in [1.54, 1.807) is 35.2 Å². The van der Waals surface area contributed by atoms with Crippen LogP contribution in [-0.4, -0.2) is 96.6 Å². The van der Waals surface area contributed by atoms with E-state index in [0.717, 1.165) is 37.4 Å². The summed E-state index contributed by atoms with van der Waals surface area (Å²) in [4.78, 5) is 68.7. The first-order valence-electron chi connectivity index (χ1n) is 14.2. The third-order valence-corrected chi connectivity index (χ3v) is 7.12. The van der Waals surface area contributed by atoms with Crippen LogP contribution >= 0.6 is 0 Å². The van der Waals surface area contributed by atoms with Crippen LogP contribution in [0.2, 0.25) is 0 Å². The van der Waals surface area contributed by atoms with Crippen LogP contribution in [0.3, 0.4) is 0 Å². The minimum absolute atomic E-state index is 0.0177. The maximum Gasteiger partial charge on any atom is 0.348 e. The maximum absolute atomic E-state index is 13.0. The number of aliphatic carboxylic acids is 1. The van der Waals surface area contributed by atoms with Gasteiger partial charge < -0.3 is 35.0 Å². The van der Waals surface area contributed by atoms with Gasteiger partial charge in [-0.2, -0.15) is 0 Å². The number of carboxylic acids is 1. The summed E-state index contributed by atoms with van der Waals surface area (Å²) in [7, 11) is 1.54. The lowest BCUT2D eigenvalue weighted by molar-refractivity contribution is -0.177. The molecule has 2 atom stereocenters. The van der Waals surface area contributed by atoms with Gasteiger partial charge in [0.05, 0.1) is 19.7 Å². The lowest BCUT2D eigenvalue weighted by Gasteiger charge is -2.34. The molecule has 2 heterocycles. The van der Waals surface area contributed by atoms with Gasteiger partial charge >= 0.3 is 11.9 Å². The van der Waals surface area contributed by atoms with E-state index < -0.39 is 30.1 Å². The molecule has 0 aliphatic carbocycles. The summed E-state index contributed by atoms with van der Waals surface area (Å²) in [5.41, 5.74) is 8.66. The van der Waals surface area contributed by atoms with Gasteiger partial charge in [0.1, 0.15) is 0 Å². The first-order valence-corrected chi connectivity index (χ1v) is 14.2. The Labute approximate surface area is 255 Å². The van der Waals surface area contributed by atoms with Crippen LogP contribution in [0.25, 0.3) is 4.85 Å². The standard InChI is InChI=1S/C22H27N3O8.C9H10N2/c1-14(26)33-19(22(30)31)18-21(29)25(10-11-32-18)16-7-5-6-15(12-16)20(28)23(2)13-17(27)24-8-3-4-9-24;1-3-7-6-8(10)4-5-9(7)11-2/h5-7,12,18-19H,3-4,8-11,13H2,1-2H3,(H,30,31);4-6H,3,10H2,1H3/t18-,19-;/m1./s1. The van der Waals surface area contributed by atoms with Crippen molar-refractivity contribution >= 4 is 46.7 Å². The quantitative estimate of drug-likeness (QED) is 0.261. The van der Waals surface area contributed by atoms with Crippen molar-refractivity contribution < 1.29 is 38.6 Å². The summed E-state index contributed by atoms with van der Waals surface area (Å²) in [5, 5.41) is 9.37. The summed E-state index contributed by atoms with van der Waals surface area (Å²) in [6.07, 6.45) is -0.519. The number of likely N-dealkylation sites (N-methyl/N-ethyl adjacent to an activating group) is 1. The molecule has 2 aliphatic rings. The molecule has 0 spiro atoms. The van der Waals surface area contributed by atoms with Crippen LogP contribution in [0.4, 0.5) is 17.1 Å². The number of hydrogen-bond acceptors (Lipinski definition) is 8. The molecule has 0 unspecified atom stereocenters. The van der Waals surface area contributed by atoms with E-state index in [9.17, 15) is 29.1 Å². The Balaban J connectivity index is 0.000000404. The number of ether oxygens (including phenoxy) is 2. The summed E-state index contributed by atoms with van der Waals surface area (Å²) in [5.74, 6) is -3.55. The van der Waals surface area contributed by atoms with E-state index in [0.29, 0.717) is 24.5 Å². The summed E-state index contributed by atoms with van der Waals surface area (Å²) in [6, 6.07) is 11.7. The molecule has 2 aliphatic heterocycles. The van der Waals surface area contributed by atoms with Gasteiger partial charge in [-0.15, -0.1) is 0 Å². The lowest BCUT2D eigenvalue weighted by Crippen LogP contribution is -2.55. The highest BCUT2D eigenvalue weighted by atomic mass is 16.6. The van der Waals surface area contributed by atoms with Crippen molar-refractivity contribution in [3.05, 3.63) is 65.0 Å². The number of rotatable bonds is 8. The highest BCUT2D eigenvalue weighted by Crippen LogP contribution is 2.24. The van der Waals surface area contributed by atoms with Crippen molar-refractivity contribution in [3.63, 3.8) is 0 Å². The molecular formula is C31H37N5O8. The number of aryl methyl sites for hydroxylation is 1. The molecule has 13 heteroatoms. The van der Waals surface area contributed by atoms with Gasteiger partial charge in [-0.3, -0.25) is 19.2 Å². The second kappa shape index (κ2) is 15.5. The number of anilines is 2. The average Bonchev–Trinajstić information content (AvgIpc) is 3.55. The monoisotopic (exact) mass is 607 g/mol. The maximum atomic E-state index is 13.0. The predicted molar refractivity (Wildman–Crippen MR) is 161 cm³/mol. The molecule has 2 aromatic carbocycles. The van der Waals surface area contributed by atoms with Gasteiger partial charge in [-0.25, -0.2) is 9.64 Å². The van der Waals surface area contributed by atoms with Crippen molar-refractivity contribution in [2.75, 3.05) is 50.5 Å². The number of nitrogen functional groups attached to an aromatic ring is 1. The van der Waals surface area contributed by atoms with Crippen molar-refractivity contribution in [2.45, 2.75) is 45.3 Å². The number of amides is 3. The minimum Gasteiger partial charge on any atom is -0.478 e. The van der Waals surface area contributed by atoms with Crippen LogP contribution in [0.5, 0.6) is 0 Å². The Kier molecular flexibility index (Phi) is 11.8. The Morgan fingerprint density at radius 2 is 1.86 bits per heavy atom. The average molecular weight is 608 g/mol. The van der Waals surface area contributed by atoms with Gasteiger partial charge in [0.2, 0.25) is 12.0 Å². The van der Waals surface area contributed by atoms with E-state index in [4.69, 9.17) is 21.8 Å². The van der Waals surface area contributed by atoms with Gasteiger partial charge in [0, 0.05) is 50.5 Å². The SMILES string of the molecule is CC(=O)O[C@@H](C(=O)O)[C@H]1OCCN(c2cccc(C(=O)N(C)CC(=O)N3CCCC3)c2)C1=O.[C-]#[N+]c1ccc(N)cc1CC. The molecule has 4 rings (SSSR count). The Bertz CT molecular complexity index is 1430. The molecule has 13 nitrogen and oxygen atoms in total. The number of nitrogens with zero attached hydrogens (tertiary/aromatic N) is 4. The molecule has 0 aromatic heterocycles. The number of carboxylic acid groups (broad SMARTS) is 1. The molecule has 3 amide bonds. The Hall–Kier alpha value is -4.96. The first kappa shape index (κ1) is 33.5. The molecule has 0 saturated carbocycles. The second-order valence-corrected chi connectivity index (χ2v) is 10.3. The van der Waals surface area contributed by atoms with Gasteiger partial charge in [0.25, 0.3) is 11.8 Å². The molecule has 3 N–H and O–H groups in total. The van der Waals surface area contributed by atoms with Crippen LogP contribution in [0.1, 0.15) is 42.6 Å². The van der Waals surface area contributed by atoms with Crippen LogP contribution in [-0.2, 0) is 35.1 Å². The lowest BCUT2D eigenvalue weighted by atomic mass is 10.1. The predicted octanol–water partition coefficient (Wildman–Crippen LogP) is 2.51. The van der Waals surface area contributed by atoms with E-state index >= 15 is 0 Å². The molecule has 0 radical (unpaired) electrons. The highest BCUT2D eigenvalue weighted by Gasteiger charge is 2.42. The zero-order valence-electron chi connectivity index (χ0n) is 25.0. The molecule has 2 aromatic rings. The summed E-state index contributed by atoms with van der Waals surface area (Å²) < 4.78 is 10.1. The number of morpholine rings is 1. The van der Waals surface area contributed by atoms with Gasteiger partial charge in [-0.1, -0.05) is 19.1 Å². The minimum atomic E-state index is -1.79. The Morgan fingerprint density at radius 1 is 1.16 bits per heavy atom. The molecular weight excluding hydrogens is 570 g/mol. The van der Waals surface area contributed by atoms with Crippen molar-refractivity contribution in [1.82, 2.24) is 9.80 Å². The number of carbonyl (C=O) groups is 5. The Morgan fingerprint density at radius 3 is 2.48 bits per heavy atom. The third kappa shape index (κ3) is 8.54. The van der Waals surface area contributed by atoms with Crippen LogP contribution in [0.15, 0.2) is 42.5 Å². The summed E-state index contributed by atoms with van der Waals surface area (Å²) in [6.45, 7) is 11.4. The number of likely N-dealkylation sites (tertiary alicyclic amines) is 1. The fourth-order valence-corrected chi connectivity index (χ4v) is 4.87. The smallest absolute Gasteiger partial charge is 0.348 e. The molecule has 2 fully saturated rings. The van der Waals surface area contributed by atoms with Crippen LogP contribution in [0, 0.1) is 6.57 Å². The van der Waals surface area contributed by atoms with Gasteiger partial charge in [-0.05, 0) is 55.2 Å². The molecule has 2 saturated heterocycles. The highest BCUT2D eigenvalue weighted by molar-refractivity contribution is 6.02.